The smallest absolute Gasteiger partial charge is 0.156 e. The van der Waals surface area contributed by atoms with Crippen molar-refractivity contribution in [2.75, 3.05) is 5.73 Å². The van der Waals surface area contributed by atoms with Crippen LogP contribution in [-0.4, -0.2) is 16.1 Å². The van der Waals surface area contributed by atoms with Gasteiger partial charge in [0, 0.05) is 5.56 Å². The summed E-state index contributed by atoms with van der Waals surface area (Å²) in [5, 5.41) is 4.33. The van der Waals surface area contributed by atoms with E-state index in [2.05, 4.69) is 17.9 Å². The van der Waals surface area contributed by atoms with Gasteiger partial charge >= 0.3 is 0 Å². The first-order valence-electron chi connectivity index (χ1n) is 6.55. The highest BCUT2D eigenvalue weighted by molar-refractivity contribution is 5.91. The van der Waals surface area contributed by atoms with Crippen LogP contribution in [-0.2, 0) is 13.0 Å². The molecule has 2 rings (SSSR count). The van der Waals surface area contributed by atoms with E-state index < -0.39 is 0 Å². The number of carbonyl (C=O) groups is 1. The number of anilines is 1. The summed E-state index contributed by atoms with van der Waals surface area (Å²) >= 11 is 0. The van der Waals surface area contributed by atoms with Gasteiger partial charge in [0.1, 0.15) is 18.1 Å². The fourth-order valence-electron chi connectivity index (χ4n) is 2.14. The number of rotatable bonds is 5. The van der Waals surface area contributed by atoms with Gasteiger partial charge in [0.2, 0.25) is 0 Å². The highest BCUT2D eigenvalue weighted by Crippen LogP contribution is 2.26. The molecule has 1 aromatic heterocycles. The van der Waals surface area contributed by atoms with Crippen molar-refractivity contribution in [1.82, 2.24) is 9.78 Å². The van der Waals surface area contributed by atoms with Crippen molar-refractivity contribution in [3.05, 3.63) is 35.4 Å². The summed E-state index contributed by atoms with van der Waals surface area (Å²) in [5.41, 5.74) is 8.99. The second kappa shape index (κ2) is 6.07. The molecule has 0 aliphatic carbocycles. The van der Waals surface area contributed by atoms with Gasteiger partial charge in [0.15, 0.2) is 6.29 Å². The monoisotopic (exact) mass is 267 g/mol. The van der Waals surface area contributed by atoms with Gasteiger partial charge in [-0.15, -0.1) is 6.42 Å². The number of nitrogens with two attached hydrogens (primary N) is 1. The Bertz CT molecular complexity index is 648. The lowest BCUT2D eigenvalue weighted by Crippen LogP contribution is -2.03. The van der Waals surface area contributed by atoms with Crippen molar-refractivity contribution in [3.8, 4) is 23.6 Å². The van der Waals surface area contributed by atoms with Crippen LogP contribution in [0.2, 0.25) is 0 Å². The molecule has 0 atom stereocenters. The summed E-state index contributed by atoms with van der Waals surface area (Å²) in [4.78, 5) is 11.2. The molecule has 4 heteroatoms. The standard InChI is InChI=1S/C16H17N3O/c1-3-5-12-6-8-13(9-7-12)15-14(11-20)16(17)19(18-15)10-4-2/h2,6-9,11H,3,5,10,17H2,1H3. The van der Waals surface area contributed by atoms with Gasteiger partial charge in [-0.2, -0.15) is 5.10 Å². The molecule has 0 amide bonds. The SMILES string of the molecule is C#CCn1nc(-c2ccc(CCC)cc2)c(C=O)c1N. The predicted molar refractivity (Wildman–Crippen MR) is 80.3 cm³/mol. The highest BCUT2D eigenvalue weighted by Gasteiger charge is 2.15. The van der Waals surface area contributed by atoms with Crippen LogP contribution >= 0.6 is 0 Å². The van der Waals surface area contributed by atoms with E-state index in [9.17, 15) is 4.79 Å². The number of aromatic nitrogens is 2. The normalized spacial score (nSPS) is 10.2. The summed E-state index contributed by atoms with van der Waals surface area (Å²) in [6.07, 6.45) is 8.13. The molecule has 102 valence electrons. The number of aldehydes is 1. The zero-order valence-electron chi connectivity index (χ0n) is 11.5. The maximum Gasteiger partial charge on any atom is 0.156 e. The zero-order valence-corrected chi connectivity index (χ0v) is 11.5. The molecule has 0 fully saturated rings. The maximum absolute atomic E-state index is 11.2. The van der Waals surface area contributed by atoms with E-state index in [-0.39, 0.29) is 6.54 Å². The van der Waals surface area contributed by atoms with E-state index in [1.165, 1.54) is 10.2 Å². The molecule has 20 heavy (non-hydrogen) atoms. The largest absolute Gasteiger partial charge is 0.383 e. The molecule has 0 saturated heterocycles. The summed E-state index contributed by atoms with van der Waals surface area (Å²) < 4.78 is 1.47. The predicted octanol–water partition coefficient (Wildman–Crippen LogP) is 2.53. The zero-order chi connectivity index (χ0) is 14.5. The molecule has 1 heterocycles. The van der Waals surface area contributed by atoms with Crippen LogP contribution in [0.3, 0.4) is 0 Å². The van der Waals surface area contributed by atoms with E-state index in [1.807, 2.05) is 24.3 Å². The summed E-state index contributed by atoms with van der Waals surface area (Å²) in [5.74, 6) is 2.78. The molecule has 0 saturated carbocycles. The Hall–Kier alpha value is -2.54. The number of nitrogen functional groups attached to an aromatic ring is 1. The Labute approximate surface area is 118 Å². The second-order valence-electron chi connectivity index (χ2n) is 4.57. The minimum Gasteiger partial charge on any atom is -0.383 e. The van der Waals surface area contributed by atoms with Crippen LogP contribution in [0.1, 0.15) is 29.3 Å². The second-order valence-corrected chi connectivity index (χ2v) is 4.57. The lowest BCUT2D eigenvalue weighted by Gasteiger charge is -2.01. The Morgan fingerprint density at radius 3 is 2.65 bits per heavy atom. The van der Waals surface area contributed by atoms with Crippen LogP contribution in [0, 0.1) is 12.3 Å². The van der Waals surface area contributed by atoms with E-state index >= 15 is 0 Å². The molecule has 0 radical (unpaired) electrons. The van der Waals surface area contributed by atoms with E-state index in [0.717, 1.165) is 24.7 Å². The van der Waals surface area contributed by atoms with Crippen LogP contribution in [0.4, 0.5) is 5.82 Å². The fraction of sp³-hybridized carbons (Fsp3) is 0.250. The summed E-state index contributed by atoms with van der Waals surface area (Å²) in [6.45, 7) is 2.39. The van der Waals surface area contributed by atoms with Crippen LogP contribution < -0.4 is 5.73 Å². The van der Waals surface area contributed by atoms with Gasteiger partial charge in [0.05, 0.1) is 5.56 Å². The number of aryl methyl sites for hydroxylation is 1. The van der Waals surface area contributed by atoms with Crippen molar-refractivity contribution in [2.24, 2.45) is 0 Å². The van der Waals surface area contributed by atoms with E-state index in [4.69, 9.17) is 12.2 Å². The third-order valence-electron chi connectivity index (χ3n) is 3.15. The van der Waals surface area contributed by atoms with Crippen molar-refractivity contribution < 1.29 is 4.79 Å². The Morgan fingerprint density at radius 2 is 2.10 bits per heavy atom. The van der Waals surface area contributed by atoms with Crippen molar-refractivity contribution in [3.63, 3.8) is 0 Å². The number of nitrogens with zero attached hydrogens (tertiary/aromatic N) is 2. The van der Waals surface area contributed by atoms with Gasteiger partial charge in [-0.3, -0.25) is 4.79 Å². The van der Waals surface area contributed by atoms with Gasteiger partial charge in [0.25, 0.3) is 0 Å². The third-order valence-corrected chi connectivity index (χ3v) is 3.15. The fourth-order valence-corrected chi connectivity index (χ4v) is 2.14. The minimum absolute atomic E-state index is 0.251. The van der Waals surface area contributed by atoms with Crippen molar-refractivity contribution >= 4 is 12.1 Å². The topological polar surface area (TPSA) is 60.9 Å². The molecule has 4 nitrogen and oxygen atoms in total. The van der Waals surface area contributed by atoms with Crippen LogP contribution in [0.15, 0.2) is 24.3 Å². The lowest BCUT2D eigenvalue weighted by atomic mass is 10.0. The van der Waals surface area contributed by atoms with Crippen molar-refractivity contribution in [2.45, 2.75) is 26.3 Å². The Morgan fingerprint density at radius 1 is 1.40 bits per heavy atom. The van der Waals surface area contributed by atoms with E-state index in [1.54, 1.807) is 0 Å². The number of benzene rings is 1. The molecule has 2 N–H and O–H groups in total. The molecular formula is C16H17N3O. The quantitative estimate of drug-likeness (QED) is 0.669. The first-order valence-corrected chi connectivity index (χ1v) is 6.55. The summed E-state index contributed by atoms with van der Waals surface area (Å²) in [6, 6.07) is 8.01. The molecule has 1 aromatic carbocycles. The molecular weight excluding hydrogens is 250 g/mol. The summed E-state index contributed by atoms with van der Waals surface area (Å²) in [7, 11) is 0. The molecule has 0 aliphatic heterocycles. The first-order chi connectivity index (χ1) is 9.71. The Kier molecular flexibility index (Phi) is 4.21. The number of hydrogen-bond donors (Lipinski definition) is 1. The van der Waals surface area contributed by atoms with Gasteiger partial charge in [-0.1, -0.05) is 43.5 Å². The molecule has 0 bridgehead atoms. The van der Waals surface area contributed by atoms with Gasteiger partial charge in [-0.25, -0.2) is 4.68 Å². The van der Waals surface area contributed by atoms with E-state index in [0.29, 0.717) is 17.1 Å². The minimum atomic E-state index is 0.251. The Balaban J connectivity index is 2.43. The number of hydrogen-bond acceptors (Lipinski definition) is 3. The maximum atomic E-state index is 11.2. The van der Waals surface area contributed by atoms with Gasteiger partial charge in [-0.05, 0) is 12.0 Å². The molecule has 0 spiro atoms. The molecule has 2 aromatic rings. The number of terminal acetylenes is 1. The molecule has 0 unspecified atom stereocenters. The third kappa shape index (κ3) is 2.57. The number of carbonyl (C=O) groups excluding carboxylic acids is 1. The van der Waals surface area contributed by atoms with Crippen LogP contribution in [0.5, 0.6) is 0 Å². The first kappa shape index (κ1) is 13.9. The molecule has 0 aliphatic rings. The average molecular weight is 267 g/mol. The van der Waals surface area contributed by atoms with Crippen molar-refractivity contribution in [1.29, 1.82) is 0 Å². The average Bonchev–Trinajstić information content (AvgIpc) is 2.77. The lowest BCUT2D eigenvalue weighted by molar-refractivity contribution is 0.112. The van der Waals surface area contributed by atoms with Gasteiger partial charge < -0.3 is 5.73 Å². The van der Waals surface area contributed by atoms with Crippen LogP contribution in [0.25, 0.3) is 11.3 Å². The highest BCUT2D eigenvalue weighted by atomic mass is 16.1.